The van der Waals surface area contributed by atoms with Crippen molar-refractivity contribution < 1.29 is 9.21 Å². The lowest BCUT2D eigenvalue weighted by molar-refractivity contribution is -0.115. The second-order valence-corrected chi connectivity index (χ2v) is 5.36. The minimum Gasteiger partial charge on any atom is -0.465 e. The van der Waals surface area contributed by atoms with Crippen LogP contribution in [0.3, 0.4) is 0 Å². The Labute approximate surface area is 115 Å². The molecule has 5 heteroatoms. The highest BCUT2D eigenvalue weighted by molar-refractivity contribution is 8.26. The van der Waals surface area contributed by atoms with E-state index in [0.717, 1.165) is 11.3 Å². The first kappa shape index (κ1) is 12.9. The molecule has 1 aliphatic rings. The van der Waals surface area contributed by atoms with Crippen molar-refractivity contribution in [2.45, 2.75) is 6.92 Å². The van der Waals surface area contributed by atoms with Crippen LogP contribution >= 0.6 is 24.0 Å². The van der Waals surface area contributed by atoms with E-state index in [2.05, 4.69) is 5.32 Å². The molecule has 0 spiro atoms. The van der Waals surface area contributed by atoms with Gasteiger partial charge in [-0.1, -0.05) is 36.1 Å². The van der Waals surface area contributed by atoms with E-state index in [1.807, 2.05) is 37.3 Å². The Morgan fingerprint density at radius 1 is 1.56 bits per heavy atom. The van der Waals surface area contributed by atoms with Crippen molar-refractivity contribution in [3.05, 3.63) is 52.9 Å². The van der Waals surface area contributed by atoms with Crippen molar-refractivity contribution in [1.82, 2.24) is 5.32 Å². The molecule has 0 saturated carbocycles. The number of amides is 1. The zero-order valence-corrected chi connectivity index (χ0v) is 11.3. The fraction of sp³-hybridized carbons (Fsp3) is 0.0769. The number of allylic oxidation sites excluding steroid dienone is 4. The number of hydrogen-bond acceptors (Lipinski definition) is 4. The fourth-order valence-electron chi connectivity index (χ4n) is 1.37. The van der Waals surface area contributed by atoms with Crippen molar-refractivity contribution in [2.75, 3.05) is 0 Å². The summed E-state index contributed by atoms with van der Waals surface area (Å²) in [7, 11) is 0. The van der Waals surface area contributed by atoms with Crippen molar-refractivity contribution in [3.8, 4) is 0 Å². The van der Waals surface area contributed by atoms with Crippen molar-refractivity contribution in [1.29, 1.82) is 0 Å². The molecule has 0 atom stereocenters. The van der Waals surface area contributed by atoms with Crippen molar-refractivity contribution in [3.63, 3.8) is 0 Å². The van der Waals surface area contributed by atoms with E-state index in [0.29, 0.717) is 9.23 Å². The maximum Gasteiger partial charge on any atom is 0.263 e. The quantitative estimate of drug-likeness (QED) is 0.523. The third-order valence-corrected chi connectivity index (χ3v) is 3.34. The summed E-state index contributed by atoms with van der Waals surface area (Å²) in [5.74, 6) is 0.668. The maximum absolute atomic E-state index is 11.4. The first-order valence-corrected chi connectivity index (χ1v) is 6.51. The second kappa shape index (κ2) is 5.84. The van der Waals surface area contributed by atoms with E-state index in [-0.39, 0.29) is 5.91 Å². The number of carbonyl (C=O) groups excluding carboxylic acids is 1. The summed E-state index contributed by atoms with van der Waals surface area (Å²) in [5.41, 5.74) is 1.03. The Hall–Kier alpha value is -1.59. The Morgan fingerprint density at radius 3 is 3.00 bits per heavy atom. The fourth-order valence-corrected chi connectivity index (χ4v) is 2.36. The van der Waals surface area contributed by atoms with Gasteiger partial charge in [-0.2, -0.15) is 0 Å². The molecule has 1 aromatic rings. The smallest absolute Gasteiger partial charge is 0.263 e. The lowest BCUT2D eigenvalue weighted by atomic mass is 10.2. The molecule has 0 aromatic carbocycles. The average molecular weight is 277 g/mol. The van der Waals surface area contributed by atoms with Crippen LogP contribution in [0, 0.1) is 0 Å². The standard InChI is InChI=1S/C13H11NO2S2/c1-9(8-10-5-3-7-16-10)4-2-6-11-12(15)14-13(17)18-11/h2-8H,1H3,(H,14,15,17)/b4-2+,9-8+,11-6+. The number of nitrogens with one attached hydrogen (secondary N) is 1. The molecule has 92 valence electrons. The topological polar surface area (TPSA) is 42.2 Å². The van der Waals surface area contributed by atoms with Crippen LogP contribution in [-0.2, 0) is 4.79 Å². The van der Waals surface area contributed by atoms with Gasteiger partial charge in [0.05, 0.1) is 11.2 Å². The van der Waals surface area contributed by atoms with Crippen molar-refractivity contribution >= 4 is 40.3 Å². The van der Waals surface area contributed by atoms with Gasteiger partial charge in [-0.25, -0.2) is 0 Å². The number of carbonyl (C=O) groups is 1. The van der Waals surface area contributed by atoms with Crippen LogP contribution in [0.25, 0.3) is 6.08 Å². The summed E-state index contributed by atoms with van der Waals surface area (Å²) in [6.45, 7) is 1.96. The molecule has 1 fully saturated rings. The highest BCUT2D eigenvalue weighted by Gasteiger charge is 2.20. The number of rotatable bonds is 3. The van der Waals surface area contributed by atoms with Crippen LogP contribution in [-0.4, -0.2) is 10.2 Å². The van der Waals surface area contributed by atoms with Crippen LogP contribution in [0.5, 0.6) is 0 Å². The summed E-state index contributed by atoms with van der Waals surface area (Å²) in [4.78, 5) is 12.0. The van der Waals surface area contributed by atoms with Crippen molar-refractivity contribution in [2.24, 2.45) is 0 Å². The number of hydrogen-bond donors (Lipinski definition) is 1. The third kappa shape index (κ3) is 3.45. The lowest BCUT2D eigenvalue weighted by Crippen LogP contribution is -2.17. The zero-order chi connectivity index (χ0) is 13.0. The summed E-state index contributed by atoms with van der Waals surface area (Å²) >= 11 is 6.17. The van der Waals surface area contributed by atoms with E-state index in [1.165, 1.54) is 11.8 Å². The molecule has 0 aliphatic carbocycles. The molecule has 18 heavy (non-hydrogen) atoms. The normalized spacial score (nSPS) is 18.9. The summed E-state index contributed by atoms with van der Waals surface area (Å²) in [5, 5.41) is 2.57. The van der Waals surface area contributed by atoms with Gasteiger partial charge in [0.1, 0.15) is 10.1 Å². The van der Waals surface area contributed by atoms with E-state index in [9.17, 15) is 4.79 Å². The Bertz CT molecular complexity index is 554. The summed E-state index contributed by atoms with van der Waals surface area (Å²) in [6, 6.07) is 3.72. The Kier molecular flexibility index (Phi) is 4.17. The number of thiocarbonyl (C=S) groups is 1. The number of thioether (sulfide) groups is 1. The van der Waals surface area contributed by atoms with Gasteiger partial charge >= 0.3 is 0 Å². The SMILES string of the molecule is CC(/C=C/C=C1/SC(=S)NC1=O)=C\c1ccco1. The first-order chi connectivity index (χ1) is 8.65. The molecule has 1 aromatic heterocycles. The summed E-state index contributed by atoms with van der Waals surface area (Å²) in [6.07, 6.45) is 9.03. The van der Waals surface area contributed by atoms with Gasteiger partial charge in [-0.05, 0) is 36.8 Å². The van der Waals surface area contributed by atoms with Gasteiger partial charge in [-0.3, -0.25) is 4.79 Å². The van der Waals surface area contributed by atoms with Crippen LogP contribution < -0.4 is 5.32 Å². The van der Waals surface area contributed by atoms with Crippen LogP contribution in [0.15, 0.2) is 51.5 Å². The van der Waals surface area contributed by atoms with E-state index in [4.69, 9.17) is 16.6 Å². The average Bonchev–Trinajstić information content (AvgIpc) is 2.89. The maximum atomic E-state index is 11.4. The van der Waals surface area contributed by atoms with Crippen LogP contribution in [0.2, 0.25) is 0 Å². The molecule has 2 rings (SSSR count). The molecule has 0 radical (unpaired) electrons. The van der Waals surface area contributed by atoms with Gasteiger partial charge in [0.15, 0.2) is 0 Å². The highest BCUT2D eigenvalue weighted by Crippen LogP contribution is 2.23. The predicted molar refractivity (Wildman–Crippen MR) is 77.9 cm³/mol. The molecule has 3 nitrogen and oxygen atoms in total. The molecular weight excluding hydrogens is 266 g/mol. The lowest BCUT2D eigenvalue weighted by Gasteiger charge is -1.90. The summed E-state index contributed by atoms with van der Waals surface area (Å²) < 4.78 is 5.71. The molecule has 1 aliphatic heterocycles. The van der Waals surface area contributed by atoms with Gasteiger partial charge in [0.2, 0.25) is 0 Å². The van der Waals surface area contributed by atoms with Gasteiger partial charge in [0, 0.05) is 0 Å². The second-order valence-electron chi connectivity index (χ2n) is 3.64. The molecule has 2 heterocycles. The molecule has 0 unspecified atom stereocenters. The van der Waals surface area contributed by atoms with Gasteiger partial charge in [-0.15, -0.1) is 0 Å². The molecule has 1 saturated heterocycles. The third-order valence-electron chi connectivity index (χ3n) is 2.16. The molecule has 1 N–H and O–H groups in total. The monoisotopic (exact) mass is 277 g/mol. The minimum atomic E-state index is -0.137. The minimum absolute atomic E-state index is 0.137. The van der Waals surface area contributed by atoms with E-state index in [1.54, 1.807) is 12.3 Å². The van der Waals surface area contributed by atoms with Gasteiger partial charge in [0.25, 0.3) is 5.91 Å². The molecular formula is C13H11NO2S2. The Balaban J connectivity index is 2.02. The molecule has 0 bridgehead atoms. The predicted octanol–water partition coefficient (Wildman–Crippen LogP) is 3.27. The largest absolute Gasteiger partial charge is 0.465 e. The van der Waals surface area contributed by atoms with Crippen LogP contribution in [0.1, 0.15) is 12.7 Å². The highest BCUT2D eigenvalue weighted by atomic mass is 32.2. The molecule has 1 amide bonds. The van der Waals surface area contributed by atoms with Gasteiger partial charge < -0.3 is 9.73 Å². The van der Waals surface area contributed by atoms with E-state index < -0.39 is 0 Å². The van der Waals surface area contributed by atoms with E-state index >= 15 is 0 Å². The van der Waals surface area contributed by atoms with Crippen LogP contribution in [0.4, 0.5) is 0 Å². The number of furan rings is 1. The Morgan fingerprint density at radius 2 is 2.39 bits per heavy atom. The zero-order valence-electron chi connectivity index (χ0n) is 9.67. The first-order valence-electron chi connectivity index (χ1n) is 5.28.